The van der Waals surface area contributed by atoms with Gasteiger partial charge in [0.25, 0.3) is 0 Å². The first-order chi connectivity index (χ1) is 8.18. The third-order valence-electron chi connectivity index (χ3n) is 2.12. The fraction of sp³-hybridized carbons (Fsp3) is 0.500. The van der Waals surface area contributed by atoms with Gasteiger partial charge in [-0.1, -0.05) is 18.2 Å². The van der Waals surface area contributed by atoms with E-state index in [0.29, 0.717) is 19.8 Å². The molecule has 1 aliphatic carbocycles. The molecule has 0 aromatic carbocycles. The lowest BCUT2D eigenvalue weighted by atomic mass is 10.1. The lowest BCUT2D eigenvalue weighted by Gasteiger charge is -2.05. The first kappa shape index (κ1) is 13.3. The van der Waals surface area contributed by atoms with Crippen LogP contribution < -0.4 is 5.32 Å². The minimum absolute atomic E-state index is 0.218. The van der Waals surface area contributed by atoms with Crippen LogP contribution in [0.15, 0.2) is 23.8 Å². The Balaban J connectivity index is 0.000000202. The number of allylic oxidation sites excluding steroid dienone is 2. The van der Waals surface area contributed by atoms with Gasteiger partial charge in [0, 0.05) is 6.92 Å². The van der Waals surface area contributed by atoms with Crippen LogP contribution in [0.1, 0.15) is 19.8 Å². The highest BCUT2D eigenvalue weighted by Crippen LogP contribution is 2.09. The zero-order chi connectivity index (χ0) is 12.5. The molecule has 17 heavy (non-hydrogen) atoms. The van der Waals surface area contributed by atoms with E-state index in [9.17, 15) is 9.59 Å². The van der Waals surface area contributed by atoms with Gasteiger partial charge in [0.05, 0.1) is 6.54 Å². The average molecular weight is 239 g/mol. The van der Waals surface area contributed by atoms with E-state index in [0.717, 1.165) is 18.4 Å². The van der Waals surface area contributed by atoms with Gasteiger partial charge in [-0.05, 0) is 18.4 Å². The van der Waals surface area contributed by atoms with E-state index in [2.05, 4.69) is 22.2 Å². The summed E-state index contributed by atoms with van der Waals surface area (Å²) in [5.41, 5.74) is 1.10. The molecule has 1 amide bonds. The number of amides is 1. The fourth-order valence-electron chi connectivity index (χ4n) is 1.31. The zero-order valence-electron chi connectivity index (χ0n) is 9.90. The highest BCUT2D eigenvalue weighted by Gasteiger charge is 2.06. The van der Waals surface area contributed by atoms with E-state index in [4.69, 9.17) is 4.74 Å². The number of alkyl carbamates (subject to hydrolysis) is 1. The minimum Gasteiger partial charge on any atom is -0.461 e. The molecular weight excluding hydrogens is 222 g/mol. The Morgan fingerprint density at radius 1 is 1.53 bits per heavy atom. The average Bonchev–Trinajstić information content (AvgIpc) is 2.80. The van der Waals surface area contributed by atoms with Gasteiger partial charge in [-0.2, -0.15) is 0 Å². The molecule has 0 aromatic heterocycles. The number of ether oxygens (including phenoxy) is 2. The third-order valence-corrected chi connectivity index (χ3v) is 2.12. The van der Waals surface area contributed by atoms with Crippen molar-refractivity contribution in [3.05, 3.63) is 23.8 Å². The normalized spacial score (nSPS) is 17.2. The number of carbonyl (C=O) groups is 2. The topological polar surface area (TPSA) is 64.6 Å². The maximum Gasteiger partial charge on any atom is 0.407 e. The number of esters is 1. The maximum absolute atomic E-state index is 10.4. The van der Waals surface area contributed by atoms with Gasteiger partial charge in [0.15, 0.2) is 0 Å². The Kier molecular flexibility index (Phi) is 5.85. The van der Waals surface area contributed by atoms with E-state index in [1.807, 2.05) is 6.08 Å². The quantitative estimate of drug-likeness (QED) is 0.742. The van der Waals surface area contributed by atoms with E-state index in [1.54, 1.807) is 0 Å². The van der Waals surface area contributed by atoms with E-state index in [-0.39, 0.29) is 12.1 Å². The summed E-state index contributed by atoms with van der Waals surface area (Å²) in [6, 6.07) is 0. The summed E-state index contributed by atoms with van der Waals surface area (Å²) in [6.45, 7) is 3.04. The largest absolute Gasteiger partial charge is 0.461 e. The molecule has 94 valence electrons. The minimum atomic E-state index is -0.296. The van der Waals surface area contributed by atoms with Crippen molar-refractivity contribution >= 4 is 12.1 Å². The molecule has 1 saturated heterocycles. The van der Waals surface area contributed by atoms with Crippen molar-refractivity contribution in [3.8, 4) is 0 Å². The number of hydrogen-bond acceptors (Lipinski definition) is 4. The van der Waals surface area contributed by atoms with Crippen molar-refractivity contribution in [1.29, 1.82) is 0 Å². The number of hydrogen-bond donors (Lipinski definition) is 1. The smallest absolute Gasteiger partial charge is 0.407 e. The SMILES string of the molecule is CC(=O)OCC1=CCCC=C1.O=C1NCCO1. The number of cyclic esters (lactones) is 1. The molecule has 5 heteroatoms. The number of nitrogens with one attached hydrogen (secondary N) is 1. The molecule has 1 N–H and O–H groups in total. The summed E-state index contributed by atoms with van der Waals surface area (Å²) in [4.78, 5) is 20.3. The molecule has 0 aromatic rings. The summed E-state index contributed by atoms with van der Waals surface area (Å²) in [5.74, 6) is -0.218. The standard InChI is InChI=1S/C9H12O2.C3H5NO2/c1-8(10)11-7-9-5-3-2-4-6-9;5-3-4-1-2-6-3/h3,5-6H,2,4,7H2,1H3;1-2H2,(H,4,5). The molecule has 1 aliphatic heterocycles. The summed E-state index contributed by atoms with van der Waals surface area (Å²) >= 11 is 0. The number of carbonyl (C=O) groups excluding carboxylic acids is 2. The van der Waals surface area contributed by atoms with Crippen molar-refractivity contribution < 1.29 is 19.1 Å². The van der Waals surface area contributed by atoms with Crippen LogP contribution in [-0.2, 0) is 14.3 Å². The van der Waals surface area contributed by atoms with Crippen LogP contribution >= 0.6 is 0 Å². The highest BCUT2D eigenvalue weighted by atomic mass is 16.6. The Labute approximate surface area is 100 Å². The van der Waals surface area contributed by atoms with Crippen molar-refractivity contribution in [2.24, 2.45) is 0 Å². The molecule has 0 atom stereocenters. The highest BCUT2D eigenvalue weighted by molar-refractivity contribution is 5.68. The molecule has 0 bridgehead atoms. The van der Waals surface area contributed by atoms with Crippen LogP contribution in [0.4, 0.5) is 4.79 Å². The Bertz CT molecular complexity index is 325. The Morgan fingerprint density at radius 3 is 2.76 bits per heavy atom. The van der Waals surface area contributed by atoms with Crippen LogP contribution in [0.25, 0.3) is 0 Å². The molecular formula is C12H17NO4. The van der Waals surface area contributed by atoms with Crippen LogP contribution in [0, 0.1) is 0 Å². The van der Waals surface area contributed by atoms with Gasteiger partial charge in [-0.3, -0.25) is 4.79 Å². The van der Waals surface area contributed by atoms with Gasteiger partial charge in [-0.25, -0.2) is 4.79 Å². The lowest BCUT2D eigenvalue weighted by molar-refractivity contribution is -0.139. The first-order valence-corrected chi connectivity index (χ1v) is 5.58. The van der Waals surface area contributed by atoms with E-state index < -0.39 is 0 Å². The van der Waals surface area contributed by atoms with Crippen LogP contribution in [-0.4, -0.2) is 31.8 Å². The Morgan fingerprint density at radius 2 is 2.35 bits per heavy atom. The van der Waals surface area contributed by atoms with Gasteiger partial charge in [-0.15, -0.1) is 0 Å². The van der Waals surface area contributed by atoms with Crippen LogP contribution in [0.5, 0.6) is 0 Å². The maximum atomic E-state index is 10.4. The predicted octanol–water partition coefficient (Wildman–Crippen LogP) is 1.55. The summed E-state index contributed by atoms with van der Waals surface area (Å²) in [5, 5.41) is 2.46. The van der Waals surface area contributed by atoms with Crippen molar-refractivity contribution in [3.63, 3.8) is 0 Å². The molecule has 2 rings (SSSR count). The first-order valence-electron chi connectivity index (χ1n) is 5.58. The Hall–Kier alpha value is -1.78. The third kappa shape index (κ3) is 6.40. The fourth-order valence-corrected chi connectivity index (χ4v) is 1.31. The molecule has 0 unspecified atom stereocenters. The second kappa shape index (κ2) is 7.49. The molecule has 0 radical (unpaired) electrons. The number of rotatable bonds is 2. The summed E-state index contributed by atoms with van der Waals surface area (Å²) in [7, 11) is 0. The molecule has 1 heterocycles. The van der Waals surface area contributed by atoms with Gasteiger partial charge < -0.3 is 14.8 Å². The molecule has 1 fully saturated rings. The van der Waals surface area contributed by atoms with Crippen molar-refractivity contribution in [2.75, 3.05) is 19.8 Å². The van der Waals surface area contributed by atoms with Crippen molar-refractivity contribution in [2.45, 2.75) is 19.8 Å². The second-order valence-corrected chi connectivity index (χ2v) is 3.60. The lowest BCUT2D eigenvalue weighted by Crippen LogP contribution is -2.11. The van der Waals surface area contributed by atoms with Crippen LogP contribution in [0.2, 0.25) is 0 Å². The molecule has 0 saturated carbocycles. The zero-order valence-corrected chi connectivity index (χ0v) is 9.90. The second-order valence-electron chi connectivity index (χ2n) is 3.60. The van der Waals surface area contributed by atoms with E-state index >= 15 is 0 Å². The van der Waals surface area contributed by atoms with Crippen LogP contribution in [0.3, 0.4) is 0 Å². The summed E-state index contributed by atoms with van der Waals surface area (Å²) in [6.07, 6.45) is 8.07. The predicted molar refractivity (Wildman–Crippen MR) is 62.4 cm³/mol. The monoisotopic (exact) mass is 239 g/mol. The van der Waals surface area contributed by atoms with Gasteiger partial charge in [0.2, 0.25) is 0 Å². The molecule has 0 spiro atoms. The molecule has 2 aliphatic rings. The molecule has 5 nitrogen and oxygen atoms in total. The van der Waals surface area contributed by atoms with Gasteiger partial charge in [0.1, 0.15) is 13.2 Å². The van der Waals surface area contributed by atoms with Crippen molar-refractivity contribution in [1.82, 2.24) is 5.32 Å². The summed E-state index contributed by atoms with van der Waals surface area (Å²) < 4.78 is 9.23. The van der Waals surface area contributed by atoms with Gasteiger partial charge >= 0.3 is 12.1 Å². The van der Waals surface area contributed by atoms with E-state index in [1.165, 1.54) is 6.92 Å².